The Morgan fingerprint density at radius 3 is 2.38 bits per heavy atom. The van der Waals surface area contributed by atoms with E-state index in [4.69, 9.17) is 0 Å². The first kappa shape index (κ1) is 16.1. The molecule has 1 N–H and O–H groups in total. The number of hydrogen-bond donors (Lipinski definition) is 1. The largest absolute Gasteiger partial charge is 0.389 e. The maximum absolute atomic E-state index is 11.9. The molecule has 0 radical (unpaired) electrons. The summed E-state index contributed by atoms with van der Waals surface area (Å²) in [5.74, 6) is 1.66. The Labute approximate surface area is 101 Å². The van der Waals surface area contributed by atoms with Crippen molar-refractivity contribution in [2.45, 2.75) is 45.3 Å². The Hall–Kier alpha value is 0.100. The fourth-order valence-electron chi connectivity index (χ4n) is 1.46. The molecule has 0 aromatic rings. The first-order chi connectivity index (χ1) is 7.35. The van der Waals surface area contributed by atoms with Crippen LogP contribution in [0.4, 0.5) is 13.2 Å². The second-order valence-electron chi connectivity index (χ2n) is 4.38. The van der Waals surface area contributed by atoms with Gasteiger partial charge in [-0.25, -0.2) is 0 Å². The van der Waals surface area contributed by atoms with Crippen LogP contribution in [-0.4, -0.2) is 30.8 Å². The van der Waals surface area contributed by atoms with Crippen molar-refractivity contribution in [3.05, 3.63) is 0 Å². The van der Waals surface area contributed by atoms with Crippen LogP contribution in [0.2, 0.25) is 0 Å². The lowest BCUT2D eigenvalue weighted by atomic mass is 10.1. The molecule has 16 heavy (non-hydrogen) atoms. The summed E-state index contributed by atoms with van der Waals surface area (Å²) in [6, 6.07) is 0.173. The fourth-order valence-corrected chi connectivity index (χ4v) is 2.14. The molecule has 0 saturated heterocycles. The molecule has 0 aliphatic heterocycles. The van der Waals surface area contributed by atoms with Crippen molar-refractivity contribution in [1.82, 2.24) is 5.32 Å². The Balaban J connectivity index is 3.48. The van der Waals surface area contributed by atoms with E-state index in [1.807, 2.05) is 6.92 Å². The molecule has 0 aromatic carbocycles. The second kappa shape index (κ2) is 8.23. The van der Waals surface area contributed by atoms with Crippen molar-refractivity contribution in [2.75, 3.05) is 18.6 Å². The van der Waals surface area contributed by atoms with Crippen molar-refractivity contribution < 1.29 is 13.2 Å². The lowest BCUT2D eigenvalue weighted by Crippen LogP contribution is -2.31. The van der Waals surface area contributed by atoms with E-state index in [-0.39, 0.29) is 12.5 Å². The molecule has 0 amide bonds. The van der Waals surface area contributed by atoms with Gasteiger partial charge in [0.05, 0.1) is 0 Å². The number of nitrogens with one attached hydrogen (secondary N) is 1. The Kier molecular flexibility index (Phi) is 8.28. The lowest BCUT2D eigenvalue weighted by Gasteiger charge is -2.17. The summed E-state index contributed by atoms with van der Waals surface area (Å²) in [7, 11) is 0. The highest BCUT2D eigenvalue weighted by Gasteiger charge is 2.26. The molecule has 0 aliphatic carbocycles. The molecule has 0 rings (SSSR count). The van der Waals surface area contributed by atoms with E-state index in [0.717, 1.165) is 12.3 Å². The van der Waals surface area contributed by atoms with Gasteiger partial charge in [-0.2, -0.15) is 24.9 Å². The van der Waals surface area contributed by atoms with Crippen LogP contribution >= 0.6 is 11.8 Å². The van der Waals surface area contributed by atoms with Gasteiger partial charge in [0.25, 0.3) is 0 Å². The number of rotatable bonds is 8. The van der Waals surface area contributed by atoms with Gasteiger partial charge in [0.2, 0.25) is 0 Å². The van der Waals surface area contributed by atoms with Gasteiger partial charge in [-0.3, -0.25) is 0 Å². The van der Waals surface area contributed by atoms with Gasteiger partial charge < -0.3 is 5.32 Å². The maximum Gasteiger partial charge on any atom is 0.389 e. The van der Waals surface area contributed by atoms with Gasteiger partial charge in [-0.15, -0.1) is 0 Å². The smallest absolute Gasteiger partial charge is 0.314 e. The first-order valence-corrected chi connectivity index (χ1v) is 7.03. The Morgan fingerprint density at radius 2 is 1.88 bits per heavy atom. The van der Waals surface area contributed by atoms with Crippen LogP contribution in [-0.2, 0) is 0 Å². The number of thioether (sulfide) groups is 1. The van der Waals surface area contributed by atoms with Crippen LogP contribution in [0.5, 0.6) is 0 Å². The zero-order chi connectivity index (χ0) is 12.6. The van der Waals surface area contributed by atoms with E-state index in [0.29, 0.717) is 12.3 Å². The van der Waals surface area contributed by atoms with E-state index < -0.39 is 12.6 Å². The van der Waals surface area contributed by atoms with Crippen molar-refractivity contribution in [3.63, 3.8) is 0 Å². The maximum atomic E-state index is 11.9. The average Bonchev–Trinajstić information content (AvgIpc) is 2.13. The third kappa shape index (κ3) is 10.6. The van der Waals surface area contributed by atoms with E-state index in [1.54, 1.807) is 11.8 Å². The molecule has 0 bridgehead atoms. The highest BCUT2D eigenvalue weighted by molar-refractivity contribution is 7.98. The van der Waals surface area contributed by atoms with Crippen LogP contribution in [0.15, 0.2) is 0 Å². The van der Waals surface area contributed by atoms with Gasteiger partial charge in [-0.1, -0.05) is 6.92 Å². The average molecular weight is 257 g/mol. The standard InChI is InChI=1S/C11H22F3NS/c1-9(8-16-3)7-15-10(2)5-4-6-11(12,13)14/h9-10,15H,4-8H2,1-3H3. The highest BCUT2D eigenvalue weighted by Crippen LogP contribution is 2.22. The minimum absolute atomic E-state index is 0.173. The van der Waals surface area contributed by atoms with Crippen molar-refractivity contribution >= 4 is 11.8 Å². The molecule has 98 valence electrons. The topological polar surface area (TPSA) is 12.0 Å². The fraction of sp³-hybridized carbons (Fsp3) is 1.00. The molecule has 0 aromatic heterocycles. The van der Waals surface area contributed by atoms with Crippen molar-refractivity contribution in [1.29, 1.82) is 0 Å². The molecule has 0 aliphatic rings. The third-order valence-electron chi connectivity index (χ3n) is 2.36. The van der Waals surface area contributed by atoms with Crippen LogP contribution in [0.3, 0.4) is 0 Å². The molecular formula is C11H22F3NS. The van der Waals surface area contributed by atoms with Gasteiger partial charge in [-0.05, 0) is 44.2 Å². The number of halogens is 3. The quantitative estimate of drug-likeness (QED) is 0.711. The van der Waals surface area contributed by atoms with Gasteiger partial charge in [0.1, 0.15) is 0 Å². The predicted molar refractivity (Wildman–Crippen MR) is 64.9 cm³/mol. The van der Waals surface area contributed by atoms with E-state index in [2.05, 4.69) is 18.5 Å². The van der Waals surface area contributed by atoms with Crippen LogP contribution in [0.1, 0.15) is 33.1 Å². The molecule has 2 atom stereocenters. The molecule has 1 nitrogen and oxygen atoms in total. The van der Waals surface area contributed by atoms with E-state index >= 15 is 0 Å². The zero-order valence-electron chi connectivity index (χ0n) is 10.2. The van der Waals surface area contributed by atoms with E-state index in [1.165, 1.54) is 0 Å². The summed E-state index contributed by atoms with van der Waals surface area (Å²) >= 11 is 1.79. The predicted octanol–water partition coefficient (Wildman–Crippen LogP) is 3.70. The summed E-state index contributed by atoms with van der Waals surface area (Å²) in [5.41, 5.74) is 0. The zero-order valence-corrected chi connectivity index (χ0v) is 11.0. The van der Waals surface area contributed by atoms with Gasteiger partial charge in [0, 0.05) is 12.5 Å². The van der Waals surface area contributed by atoms with Crippen molar-refractivity contribution in [2.24, 2.45) is 5.92 Å². The summed E-state index contributed by atoms with van der Waals surface area (Å²) in [5, 5.41) is 3.27. The van der Waals surface area contributed by atoms with Crippen molar-refractivity contribution in [3.8, 4) is 0 Å². The first-order valence-electron chi connectivity index (χ1n) is 5.64. The summed E-state index contributed by atoms with van der Waals surface area (Å²) in [6.45, 7) is 4.97. The Morgan fingerprint density at radius 1 is 1.25 bits per heavy atom. The number of hydrogen-bond acceptors (Lipinski definition) is 2. The van der Waals surface area contributed by atoms with Crippen LogP contribution in [0, 0.1) is 5.92 Å². The molecule has 0 heterocycles. The summed E-state index contributed by atoms with van der Waals surface area (Å²) in [6.07, 6.45) is -1.81. The minimum atomic E-state index is -4.01. The van der Waals surface area contributed by atoms with Gasteiger partial charge >= 0.3 is 6.18 Å². The Bertz CT molecular complexity index is 173. The minimum Gasteiger partial charge on any atom is -0.314 e. The monoisotopic (exact) mass is 257 g/mol. The number of alkyl halides is 3. The SMILES string of the molecule is CSCC(C)CNC(C)CCCC(F)(F)F. The van der Waals surface area contributed by atoms with Crippen LogP contribution in [0.25, 0.3) is 0 Å². The van der Waals surface area contributed by atoms with E-state index in [9.17, 15) is 13.2 Å². The second-order valence-corrected chi connectivity index (χ2v) is 5.29. The molecule has 0 saturated carbocycles. The molecule has 0 spiro atoms. The van der Waals surface area contributed by atoms with Gasteiger partial charge in [0.15, 0.2) is 0 Å². The third-order valence-corrected chi connectivity index (χ3v) is 3.27. The van der Waals surface area contributed by atoms with Crippen LogP contribution < -0.4 is 5.32 Å². The molecule has 5 heteroatoms. The molecular weight excluding hydrogens is 235 g/mol. The molecule has 2 unspecified atom stereocenters. The normalized spacial score (nSPS) is 16.1. The summed E-state index contributed by atoms with van der Waals surface area (Å²) in [4.78, 5) is 0. The molecule has 0 fully saturated rings. The lowest BCUT2D eigenvalue weighted by molar-refractivity contribution is -0.135. The highest BCUT2D eigenvalue weighted by atomic mass is 32.2. The summed E-state index contributed by atoms with van der Waals surface area (Å²) < 4.78 is 35.7.